The molecule has 0 unspecified atom stereocenters. The van der Waals surface area contributed by atoms with Crippen LogP contribution in [0.15, 0.2) is 29.1 Å². The molecule has 1 heterocycles. The largest absolute Gasteiger partial charge is 0.298 e. The summed E-state index contributed by atoms with van der Waals surface area (Å²) < 4.78 is 15.7. The highest BCUT2D eigenvalue weighted by Gasteiger charge is 2.14. The van der Waals surface area contributed by atoms with Gasteiger partial charge in [0.1, 0.15) is 11.4 Å². The van der Waals surface area contributed by atoms with Gasteiger partial charge in [-0.3, -0.25) is 14.3 Å². The molecular weight excluding hydrogens is 223 g/mol. The van der Waals surface area contributed by atoms with Crippen molar-refractivity contribution in [3.05, 3.63) is 51.7 Å². The van der Waals surface area contributed by atoms with E-state index in [1.807, 2.05) is 0 Å². The standard InChI is InChI=1S/C12H11FN2O2/c1-8-11(7-16)12(17)15(14(8)2)10-5-3-9(13)4-6-10/h3-7H,1-2H3. The van der Waals surface area contributed by atoms with E-state index in [-0.39, 0.29) is 11.4 Å². The Labute approximate surface area is 96.9 Å². The third-order valence-electron chi connectivity index (χ3n) is 2.79. The highest BCUT2D eigenvalue weighted by molar-refractivity contribution is 5.76. The maximum atomic E-state index is 12.8. The fraction of sp³-hybridized carbons (Fsp3) is 0.167. The van der Waals surface area contributed by atoms with Gasteiger partial charge in [0.25, 0.3) is 5.56 Å². The molecule has 0 fully saturated rings. The number of carbonyl (C=O) groups excluding carboxylic acids is 1. The summed E-state index contributed by atoms with van der Waals surface area (Å²) in [6.07, 6.45) is 0.539. The Morgan fingerprint density at radius 1 is 1.24 bits per heavy atom. The number of hydrogen-bond donors (Lipinski definition) is 0. The minimum atomic E-state index is -0.397. The minimum absolute atomic E-state index is 0.122. The van der Waals surface area contributed by atoms with Crippen molar-refractivity contribution >= 4 is 6.29 Å². The van der Waals surface area contributed by atoms with Crippen molar-refractivity contribution in [1.29, 1.82) is 0 Å². The molecule has 0 atom stereocenters. The molecule has 2 aromatic rings. The number of aldehydes is 1. The molecule has 0 amide bonds. The third kappa shape index (κ3) is 1.69. The molecule has 1 aromatic carbocycles. The number of hydrogen-bond acceptors (Lipinski definition) is 2. The molecule has 0 spiro atoms. The van der Waals surface area contributed by atoms with E-state index >= 15 is 0 Å². The lowest BCUT2D eigenvalue weighted by Crippen LogP contribution is -2.20. The minimum Gasteiger partial charge on any atom is -0.298 e. The van der Waals surface area contributed by atoms with Crippen molar-refractivity contribution in [3.63, 3.8) is 0 Å². The van der Waals surface area contributed by atoms with Crippen LogP contribution in [0.3, 0.4) is 0 Å². The third-order valence-corrected chi connectivity index (χ3v) is 2.79. The van der Waals surface area contributed by atoms with Gasteiger partial charge >= 0.3 is 0 Å². The van der Waals surface area contributed by atoms with Crippen LogP contribution in [0, 0.1) is 12.7 Å². The molecule has 0 bridgehead atoms. The van der Waals surface area contributed by atoms with E-state index in [9.17, 15) is 14.0 Å². The molecule has 0 saturated carbocycles. The molecule has 2 rings (SSSR count). The average molecular weight is 234 g/mol. The van der Waals surface area contributed by atoms with Gasteiger partial charge in [-0.1, -0.05) is 0 Å². The van der Waals surface area contributed by atoms with Crippen LogP contribution in [0.4, 0.5) is 4.39 Å². The molecule has 1 aromatic heterocycles. The zero-order valence-electron chi connectivity index (χ0n) is 9.48. The van der Waals surface area contributed by atoms with Crippen LogP contribution in [0.2, 0.25) is 0 Å². The number of rotatable bonds is 2. The van der Waals surface area contributed by atoms with Crippen LogP contribution in [0.25, 0.3) is 5.69 Å². The zero-order valence-corrected chi connectivity index (χ0v) is 9.48. The summed E-state index contributed by atoms with van der Waals surface area (Å²) >= 11 is 0. The van der Waals surface area contributed by atoms with E-state index in [4.69, 9.17) is 0 Å². The molecule has 0 aliphatic heterocycles. The topological polar surface area (TPSA) is 44.0 Å². The number of carbonyl (C=O) groups is 1. The lowest BCUT2D eigenvalue weighted by Gasteiger charge is -2.07. The van der Waals surface area contributed by atoms with E-state index in [2.05, 4.69) is 0 Å². The van der Waals surface area contributed by atoms with Crippen molar-refractivity contribution in [1.82, 2.24) is 9.36 Å². The van der Waals surface area contributed by atoms with Crippen LogP contribution in [-0.4, -0.2) is 15.6 Å². The number of halogens is 1. The van der Waals surface area contributed by atoms with Gasteiger partial charge in [0.2, 0.25) is 0 Å². The quantitative estimate of drug-likeness (QED) is 0.738. The number of aromatic nitrogens is 2. The average Bonchev–Trinajstić information content (AvgIpc) is 2.52. The lowest BCUT2D eigenvalue weighted by molar-refractivity contribution is 0.112. The fourth-order valence-electron chi connectivity index (χ4n) is 1.74. The Kier molecular flexibility index (Phi) is 2.67. The predicted molar refractivity (Wildman–Crippen MR) is 61.1 cm³/mol. The molecule has 0 saturated heterocycles. The van der Waals surface area contributed by atoms with Crippen molar-refractivity contribution in [2.45, 2.75) is 6.92 Å². The summed E-state index contributed by atoms with van der Waals surface area (Å²) in [4.78, 5) is 22.8. The van der Waals surface area contributed by atoms with Gasteiger partial charge in [0.05, 0.1) is 5.69 Å². The van der Waals surface area contributed by atoms with Crippen molar-refractivity contribution in [3.8, 4) is 5.69 Å². The van der Waals surface area contributed by atoms with E-state index in [1.165, 1.54) is 28.9 Å². The highest BCUT2D eigenvalue weighted by atomic mass is 19.1. The van der Waals surface area contributed by atoms with Crippen LogP contribution in [0.5, 0.6) is 0 Å². The SMILES string of the molecule is Cc1c(C=O)c(=O)n(-c2ccc(F)cc2)n1C. The second-order valence-corrected chi connectivity index (χ2v) is 3.73. The highest BCUT2D eigenvalue weighted by Crippen LogP contribution is 2.09. The van der Waals surface area contributed by atoms with Crippen LogP contribution >= 0.6 is 0 Å². The Hall–Kier alpha value is -2.17. The summed E-state index contributed by atoms with van der Waals surface area (Å²) in [6.45, 7) is 1.69. The van der Waals surface area contributed by atoms with Gasteiger partial charge in [-0.05, 0) is 31.2 Å². The summed E-state index contributed by atoms with van der Waals surface area (Å²) in [6, 6.07) is 5.52. The first-order chi connectivity index (χ1) is 8.06. The molecule has 5 heteroatoms. The van der Waals surface area contributed by atoms with E-state index in [0.717, 1.165) is 0 Å². The first-order valence-electron chi connectivity index (χ1n) is 5.06. The van der Waals surface area contributed by atoms with E-state index in [0.29, 0.717) is 17.7 Å². The molecule has 0 radical (unpaired) electrons. The number of benzene rings is 1. The van der Waals surface area contributed by atoms with Gasteiger partial charge in [-0.15, -0.1) is 0 Å². The molecule has 17 heavy (non-hydrogen) atoms. The monoisotopic (exact) mass is 234 g/mol. The number of nitrogens with zero attached hydrogens (tertiary/aromatic N) is 2. The maximum Gasteiger partial charge on any atom is 0.282 e. The molecule has 4 nitrogen and oxygen atoms in total. The second-order valence-electron chi connectivity index (χ2n) is 3.73. The van der Waals surface area contributed by atoms with E-state index in [1.54, 1.807) is 18.7 Å². The first kappa shape index (κ1) is 11.3. The van der Waals surface area contributed by atoms with Crippen molar-refractivity contribution < 1.29 is 9.18 Å². The summed E-state index contributed by atoms with van der Waals surface area (Å²) in [5.74, 6) is -0.372. The fourth-order valence-corrected chi connectivity index (χ4v) is 1.74. The van der Waals surface area contributed by atoms with Crippen LogP contribution in [0.1, 0.15) is 16.1 Å². The normalized spacial score (nSPS) is 10.5. The smallest absolute Gasteiger partial charge is 0.282 e. The maximum absolute atomic E-state index is 12.8. The summed E-state index contributed by atoms with van der Waals surface area (Å²) in [7, 11) is 1.67. The van der Waals surface area contributed by atoms with Crippen molar-refractivity contribution in [2.24, 2.45) is 7.05 Å². The second kappa shape index (κ2) is 4.01. The van der Waals surface area contributed by atoms with Gasteiger partial charge in [0.15, 0.2) is 6.29 Å². The van der Waals surface area contributed by atoms with Gasteiger partial charge in [0, 0.05) is 12.7 Å². The Balaban J connectivity index is 2.72. The molecular formula is C12H11FN2O2. The summed E-state index contributed by atoms with van der Waals surface area (Å²) in [5, 5.41) is 0. The molecule has 0 aliphatic carbocycles. The van der Waals surface area contributed by atoms with E-state index < -0.39 is 5.56 Å². The predicted octanol–water partition coefficient (Wildman–Crippen LogP) is 1.44. The van der Waals surface area contributed by atoms with Crippen LogP contribution < -0.4 is 5.56 Å². The molecule has 0 N–H and O–H groups in total. The zero-order chi connectivity index (χ0) is 12.6. The van der Waals surface area contributed by atoms with Crippen LogP contribution in [-0.2, 0) is 7.05 Å². The Morgan fingerprint density at radius 3 is 2.29 bits per heavy atom. The Morgan fingerprint density at radius 2 is 1.82 bits per heavy atom. The molecule has 0 aliphatic rings. The van der Waals surface area contributed by atoms with Gasteiger partial charge in [-0.25, -0.2) is 9.07 Å². The summed E-state index contributed by atoms with van der Waals surface area (Å²) in [5.41, 5.74) is 0.827. The van der Waals surface area contributed by atoms with Crippen molar-refractivity contribution in [2.75, 3.05) is 0 Å². The Bertz CT molecular complexity index is 623. The van der Waals surface area contributed by atoms with Gasteiger partial charge in [-0.2, -0.15) is 0 Å². The first-order valence-corrected chi connectivity index (χ1v) is 5.06. The van der Waals surface area contributed by atoms with Gasteiger partial charge < -0.3 is 0 Å². The lowest BCUT2D eigenvalue weighted by atomic mass is 10.3. The molecule has 88 valence electrons.